The lowest BCUT2D eigenvalue weighted by Gasteiger charge is -2.72. The molecule has 0 aromatic heterocycles. The molecule has 5 fully saturated rings. The zero-order chi connectivity index (χ0) is 25.7. The van der Waals surface area contributed by atoms with Gasteiger partial charge in [-0.1, -0.05) is 60.5 Å². The van der Waals surface area contributed by atoms with Crippen LogP contribution in [0.3, 0.4) is 0 Å². The second kappa shape index (κ2) is 7.73. The first-order chi connectivity index (χ1) is 16.2. The molecule has 35 heavy (non-hydrogen) atoms. The molecule has 0 radical (unpaired) electrons. The second-order valence-electron chi connectivity index (χ2n) is 16.0. The summed E-state index contributed by atoms with van der Waals surface area (Å²) in [6, 6.07) is 0. The first-order valence-electron chi connectivity index (χ1n) is 14.6. The van der Waals surface area contributed by atoms with Gasteiger partial charge in [0.15, 0.2) is 0 Å². The van der Waals surface area contributed by atoms with Gasteiger partial charge in [0.05, 0.1) is 11.9 Å². The summed E-state index contributed by atoms with van der Waals surface area (Å²) < 4.78 is 0. The van der Waals surface area contributed by atoms with Crippen LogP contribution < -0.4 is 0 Å². The SMILES string of the molecule is CC1(C)/C(=N/O)CC[C@@]2(C)C1CC[C@]1(C)C2CCC2C3[C@H](C(C)(C)C)CC[C@]3(/C=N/O)CC[C@]21C. The summed E-state index contributed by atoms with van der Waals surface area (Å²) in [7, 11) is 0. The van der Waals surface area contributed by atoms with Crippen molar-refractivity contribution in [2.45, 2.75) is 120 Å². The van der Waals surface area contributed by atoms with E-state index in [2.05, 4.69) is 65.7 Å². The van der Waals surface area contributed by atoms with Crippen molar-refractivity contribution in [1.29, 1.82) is 0 Å². The fraction of sp³-hybridized carbons (Fsp3) is 0.935. The van der Waals surface area contributed by atoms with E-state index >= 15 is 0 Å². The van der Waals surface area contributed by atoms with Crippen LogP contribution in [0.25, 0.3) is 0 Å². The van der Waals surface area contributed by atoms with E-state index in [0.29, 0.717) is 39.9 Å². The van der Waals surface area contributed by atoms with Gasteiger partial charge in [-0.2, -0.15) is 0 Å². The van der Waals surface area contributed by atoms with Crippen LogP contribution in [-0.4, -0.2) is 22.3 Å². The molecule has 5 aliphatic rings. The Balaban J connectivity index is 1.56. The number of rotatable bonds is 1. The van der Waals surface area contributed by atoms with Crippen LogP contribution in [0.2, 0.25) is 0 Å². The highest BCUT2D eigenvalue weighted by Gasteiger charge is 2.71. The van der Waals surface area contributed by atoms with Crippen LogP contribution >= 0.6 is 0 Å². The minimum atomic E-state index is -0.0249. The van der Waals surface area contributed by atoms with Crippen molar-refractivity contribution in [3.8, 4) is 0 Å². The molecule has 198 valence electrons. The Labute approximate surface area is 214 Å². The molecule has 4 unspecified atom stereocenters. The molecular formula is C31H52N2O2. The number of fused-ring (bicyclic) bond motifs is 7. The van der Waals surface area contributed by atoms with Gasteiger partial charge in [-0.05, 0) is 115 Å². The quantitative estimate of drug-likeness (QED) is 0.223. The molecule has 0 amide bonds. The molecule has 5 aliphatic carbocycles. The maximum atomic E-state index is 9.78. The summed E-state index contributed by atoms with van der Waals surface area (Å²) in [5.74, 6) is 3.33. The molecule has 9 atom stereocenters. The summed E-state index contributed by atoms with van der Waals surface area (Å²) in [5, 5.41) is 27.0. The largest absolute Gasteiger partial charge is 0.411 e. The highest BCUT2D eigenvalue weighted by atomic mass is 16.4. The van der Waals surface area contributed by atoms with E-state index in [1.54, 1.807) is 0 Å². The normalized spacial score (nSPS) is 52.6. The molecule has 5 saturated carbocycles. The topological polar surface area (TPSA) is 65.2 Å². The highest BCUT2D eigenvalue weighted by Crippen LogP contribution is 2.77. The van der Waals surface area contributed by atoms with Crippen LogP contribution in [0.4, 0.5) is 0 Å². The average Bonchev–Trinajstić information content (AvgIpc) is 3.14. The summed E-state index contributed by atoms with van der Waals surface area (Å²) in [6.45, 7) is 20.0. The van der Waals surface area contributed by atoms with Crippen LogP contribution in [0, 0.1) is 62.1 Å². The van der Waals surface area contributed by atoms with E-state index in [4.69, 9.17) is 0 Å². The van der Waals surface area contributed by atoms with Crippen molar-refractivity contribution in [1.82, 2.24) is 0 Å². The zero-order valence-corrected chi connectivity index (χ0v) is 23.8. The van der Waals surface area contributed by atoms with Gasteiger partial charge < -0.3 is 10.4 Å². The molecule has 0 aromatic carbocycles. The maximum absolute atomic E-state index is 9.78. The molecule has 2 N–H and O–H groups in total. The third kappa shape index (κ3) is 3.16. The Morgan fingerprint density at radius 3 is 2.14 bits per heavy atom. The fourth-order valence-corrected chi connectivity index (χ4v) is 11.9. The van der Waals surface area contributed by atoms with Crippen molar-refractivity contribution in [3.05, 3.63) is 0 Å². The summed E-state index contributed by atoms with van der Waals surface area (Å²) >= 11 is 0. The first kappa shape index (κ1) is 25.6. The van der Waals surface area contributed by atoms with E-state index in [1.165, 1.54) is 51.4 Å². The average molecular weight is 485 g/mol. The number of nitrogens with zero attached hydrogens (tertiary/aromatic N) is 2. The smallest absolute Gasteiger partial charge is 0.0630 e. The standard InChI is InChI=1S/C31H52N2O2/c1-26(2,3)20-11-16-31(19-32-34)18-17-29(7)21(25(20)31)9-10-23-28(6)14-13-24(33-35)27(4,5)22(28)12-15-30(23,29)8/h19-23,25,34-35H,9-18H2,1-8H3/b32-19+,33-24+/t20-,21?,22?,23?,25?,28+,29-,30-,31-/m1/s1. The van der Waals surface area contributed by atoms with Crippen LogP contribution in [0.1, 0.15) is 120 Å². The summed E-state index contributed by atoms with van der Waals surface area (Å²) in [4.78, 5) is 0. The van der Waals surface area contributed by atoms with Crippen molar-refractivity contribution in [2.24, 2.45) is 72.4 Å². The molecule has 0 aromatic rings. The van der Waals surface area contributed by atoms with Gasteiger partial charge in [0.1, 0.15) is 0 Å². The lowest BCUT2D eigenvalue weighted by molar-refractivity contribution is -0.225. The third-order valence-corrected chi connectivity index (χ3v) is 13.8. The second-order valence-corrected chi connectivity index (χ2v) is 16.0. The van der Waals surface area contributed by atoms with Crippen molar-refractivity contribution >= 4 is 11.9 Å². The van der Waals surface area contributed by atoms with Gasteiger partial charge in [-0.25, -0.2) is 0 Å². The van der Waals surface area contributed by atoms with Crippen molar-refractivity contribution in [3.63, 3.8) is 0 Å². The number of oxime groups is 2. The Bertz CT molecular complexity index is 917. The van der Waals surface area contributed by atoms with Crippen LogP contribution in [0.15, 0.2) is 10.3 Å². The van der Waals surface area contributed by atoms with Crippen LogP contribution in [-0.2, 0) is 0 Å². The minimum Gasteiger partial charge on any atom is -0.411 e. The molecule has 0 saturated heterocycles. The highest BCUT2D eigenvalue weighted by molar-refractivity contribution is 5.90. The maximum Gasteiger partial charge on any atom is 0.0630 e. The van der Waals surface area contributed by atoms with Gasteiger partial charge >= 0.3 is 0 Å². The molecule has 0 heterocycles. The fourth-order valence-electron chi connectivity index (χ4n) is 11.9. The van der Waals surface area contributed by atoms with E-state index in [-0.39, 0.29) is 16.2 Å². The Morgan fingerprint density at radius 1 is 0.800 bits per heavy atom. The first-order valence-corrected chi connectivity index (χ1v) is 14.6. The molecule has 5 rings (SSSR count). The lowest BCUT2D eigenvalue weighted by Crippen LogP contribution is -2.66. The molecule has 0 aliphatic heterocycles. The van der Waals surface area contributed by atoms with Gasteiger partial charge in [-0.3, -0.25) is 0 Å². The number of hydrogen-bond acceptors (Lipinski definition) is 4. The van der Waals surface area contributed by atoms with E-state index < -0.39 is 0 Å². The van der Waals surface area contributed by atoms with E-state index in [0.717, 1.165) is 24.5 Å². The molecule has 4 nitrogen and oxygen atoms in total. The Hall–Kier alpha value is -1.06. The predicted octanol–water partition coefficient (Wildman–Crippen LogP) is 8.40. The summed E-state index contributed by atoms with van der Waals surface area (Å²) in [5.41, 5.74) is 2.32. The third-order valence-electron chi connectivity index (χ3n) is 13.8. The predicted molar refractivity (Wildman–Crippen MR) is 143 cm³/mol. The van der Waals surface area contributed by atoms with Crippen molar-refractivity contribution in [2.75, 3.05) is 0 Å². The number of hydrogen-bond donors (Lipinski definition) is 2. The van der Waals surface area contributed by atoms with Gasteiger partial charge in [0.25, 0.3) is 0 Å². The van der Waals surface area contributed by atoms with E-state index in [9.17, 15) is 10.4 Å². The van der Waals surface area contributed by atoms with Gasteiger partial charge in [0.2, 0.25) is 0 Å². The van der Waals surface area contributed by atoms with Crippen LogP contribution in [0.5, 0.6) is 0 Å². The van der Waals surface area contributed by atoms with Gasteiger partial charge in [-0.15, -0.1) is 5.16 Å². The lowest BCUT2D eigenvalue weighted by atomic mass is 9.32. The molecule has 4 heteroatoms. The molecule has 0 spiro atoms. The zero-order valence-electron chi connectivity index (χ0n) is 23.8. The van der Waals surface area contributed by atoms with E-state index in [1.807, 2.05) is 6.21 Å². The molecule has 0 bridgehead atoms. The minimum absolute atomic E-state index is 0.0249. The monoisotopic (exact) mass is 484 g/mol. The van der Waals surface area contributed by atoms with Gasteiger partial charge in [0, 0.05) is 10.8 Å². The molecular weight excluding hydrogens is 432 g/mol. The van der Waals surface area contributed by atoms with Crippen molar-refractivity contribution < 1.29 is 10.4 Å². The Morgan fingerprint density at radius 2 is 1.51 bits per heavy atom. The summed E-state index contributed by atoms with van der Waals surface area (Å²) in [6.07, 6.45) is 14.2. The Kier molecular flexibility index (Phi) is 5.65.